The summed E-state index contributed by atoms with van der Waals surface area (Å²) in [5.41, 5.74) is 6.27. The number of aldehydes is 1. The minimum atomic E-state index is -0.574. The number of hydrogen-bond donors (Lipinski definition) is 2. The van der Waals surface area contributed by atoms with Crippen LogP contribution in [0.5, 0.6) is 0 Å². The second-order valence-corrected chi connectivity index (χ2v) is 12.9. The molecule has 0 heterocycles. The third kappa shape index (κ3) is 5.12. The van der Waals surface area contributed by atoms with Gasteiger partial charge in [0, 0.05) is 24.4 Å². The van der Waals surface area contributed by atoms with E-state index in [0.717, 1.165) is 76.1 Å². The topological polar surface area (TPSA) is 102 Å². The maximum absolute atomic E-state index is 13.0. The van der Waals surface area contributed by atoms with Gasteiger partial charge in [0.1, 0.15) is 12.1 Å². The lowest BCUT2D eigenvalue weighted by Crippen LogP contribution is -2.52. The number of aryl methyl sites for hydroxylation is 1. The summed E-state index contributed by atoms with van der Waals surface area (Å²) in [5, 5.41) is 2.55. The highest BCUT2D eigenvalue weighted by Crippen LogP contribution is 2.68. The molecule has 4 aliphatic rings. The van der Waals surface area contributed by atoms with Crippen molar-refractivity contribution in [1.29, 1.82) is 0 Å². The van der Waals surface area contributed by atoms with Crippen LogP contribution in [0.2, 0.25) is 0 Å². The molecule has 0 saturated heterocycles. The van der Waals surface area contributed by atoms with E-state index in [1.165, 1.54) is 5.57 Å². The maximum Gasteiger partial charge on any atom is 0.431 e. The number of carbonyl (C=O) groups excluding carboxylic acids is 4. The zero-order valence-electron chi connectivity index (χ0n) is 24.2. The average Bonchev–Trinajstić information content (AvgIpc) is 3.33. The van der Waals surface area contributed by atoms with Crippen LogP contribution < -0.4 is 10.8 Å². The minimum absolute atomic E-state index is 0.0401. The summed E-state index contributed by atoms with van der Waals surface area (Å²) in [7, 11) is 0. The van der Waals surface area contributed by atoms with Crippen molar-refractivity contribution >= 4 is 29.6 Å². The summed E-state index contributed by atoms with van der Waals surface area (Å²) in [6.45, 7) is 6.47. The van der Waals surface area contributed by atoms with Crippen LogP contribution in [0, 0.1) is 34.5 Å². The van der Waals surface area contributed by atoms with Gasteiger partial charge in [0.2, 0.25) is 0 Å². The highest BCUT2D eigenvalue weighted by Gasteiger charge is 2.61. The van der Waals surface area contributed by atoms with E-state index in [4.69, 9.17) is 4.84 Å². The normalized spacial score (nSPS) is 32.7. The van der Waals surface area contributed by atoms with Gasteiger partial charge in [-0.2, -0.15) is 0 Å². The van der Waals surface area contributed by atoms with E-state index in [2.05, 4.69) is 17.7 Å². The largest absolute Gasteiger partial charge is 0.431 e. The minimum Gasteiger partial charge on any atom is -0.324 e. The Morgan fingerprint density at radius 2 is 1.93 bits per heavy atom. The Balaban J connectivity index is 1.30. The van der Waals surface area contributed by atoms with Crippen LogP contribution in [0.3, 0.4) is 0 Å². The molecule has 0 spiro atoms. The molecule has 2 N–H and O–H groups in total. The number of anilines is 1. The van der Waals surface area contributed by atoms with Gasteiger partial charge in [-0.15, -0.1) is 0 Å². The summed E-state index contributed by atoms with van der Waals surface area (Å²) < 4.78 is 0. The molecule has 7 nitrogen and oxygen atoms in total. The Bertz CT molecular complexity index is 1210. The first-order chi connectivity index (χ1) is 19.2. The van der Waals surface area contributed by atoms with Gasteiger partial charge < -0.3 is 10.2 Å². The SMILES string of the molecule is CCNC(=O)ONc1ccc(CCC[C@]23CC[C@@H]4[C@@H](CCC5=CC(=O)CC[C@]54C)[C@@H]2CC[C@@H]3C(C)=O)c(C=O)c1. The molecule has 216 valence electrons. The van der Waals surface area contributed by atoms with Crippen molar-refractivity contribution in [1.82, 2.24) is 5.32 Å². The van der Waals surface area contributed by atoms with Crippen LogP contribution in [-0.2, 0) is 20.8 Å². The number of benzene rings is 1. The van der Waals surface area contributed by atoms with Gasteiger partial charge in [0.25, 0.3) is 0 Å². The Labute approximate surface area is 237 Å². The number of ketones is 2. The highest BCUT2D eigenvalue weighted by molar-refractivity contribution is 5.91. The molecule has 0 bridgehead atoms. The summed E-state index contributed by atoms with van der Waals surface area (Å²) in [6.07, 6.45) is 13.1. The van der Waals surface area contributed by atoms with E-state index < -0.39 is 6.09 Å². The van der Waals surface area contributed by atoms with Crippen molar-refractivity contribution in [2.75, 3.05) is 12.0 Å². The third-order valence-electron chi connectivity index (χ3n) is 11.1. The Hall–Kier alpha value is -2.96. The smallest absolute Gasteiger partial charge is 0.324 e. The molecule has 1 amide bonds. The van der Waals surface area contributed by atoms with Gasteiger partial charge in [0.05, 0.1) is 5.69 Å². The molecule has 1 aromatic carbocycles. The molecule has 3 fully saturated rings. The van der Waals surface area contributed by atoms with Crippen molar-refractivity contribution in [3.8, 4) is 0 Å². The monoisotopic (exact) mass is 548 g/mol. The average molecular weight is 549 g/mol. The number of hydrogen-bond acceptors (Lipinski definition) is 6. The quantitative estimate of drug-likeness (QED) is 0.266. The fourth-order valence-electron chi connectivity index (χ4n) is 9.35. The maximum atomic E-state index is 13.0. The molecule has 6 atom stereocenters. The molecule has 0 aromatic heterocycles. The second-order valence-electron chi connectivity index (χ2n) is 12.9. The molecule has 5 rings (SSSR count). The lowest BCUT2D eigenvalue weighted by Gasteiger charge is -2.59. The summed E-state index contributed by atoms with van der Waals surface area (Å²) in [5.74, 6) is 2.53. The Morgan fingerprint density at radius 1 is 1.10 bits per heavy atom. The number of carbonyl (C=O) groups is 4. The first kappa shape index (κ1) is 28.6. The number of Topliss-reactive ketones (excluding diaryl/α,β-unsaturated/α-hetero) is 1. The van der Waals surface area contributed by atoms with Gasteiger partial charge in [-0.25, -0.2) is 10.3 Å². The molecule has 7 heteroatoms. The lowest BCUT2D eigenvalue weighted by atomic mass is 9.45. The molecule has 40 heavy (non-hydrogen) atoms. The van der Waals surface area contributed by atoms with Crippen molar-refractivity contribution in [2.45, 2.75) is 91.4 Å². The summed E-state index contributed by atoms with van der Waals surface area (Å²) >= 11 is 0. The van der Waals surface area contributed by atoms with Crippen LogP contribution in [-0.4, -0.2) is 30.5 Å². The van der Waals surface area contributed by atoms with Gasteiger partial charge in [-0.1, -0.05) is 18.6 Å². The van der Waals surface area contributed by atoms with E-state index >= 15 is 0 Å². The summed E-state index contributed by atoms with van der Waals surface area (Å²) in [6, 6.07) is 5.46. The number of rotatable bonds is 9. The standard InChI is InChI=1S/C33H44N2O5/c1-4-34-31(39)40-35-25-9-7-22(23(18-25)20-36)6-5-15-33-17-14-29-27(30(33)12-11-28(33)21(2)37)10-8-24-19-26(38)13-16-32(24,29)3/h7,9,18-20,27-30,35H,4-6,8,10-17H2,1-3H3,(H,34,39)/t27-,28-,29-,30+,32-,33-/m1/s1. The van der Waals surface area contributed by atoms with E-state index in [1.807, 2.05) is 18.2 Å². The van der Waals surface area contributed by atoms with Crippen LogP contribution in [0.1, 0.15) is 101 Å². The molecule has 0 radical (unpaired) electrons. The van der Waals surface area contributed by atoms with Gasteiger partial charge >= 0.3 is 6.09 Å². The molecule has 0 unspecified atom stereocenters. The number of amides is 1. The predicted molar refractivity (Wildman–Crippen MR) is 154 cm³/mol. The molecule has 0 aliphatic heterocycles. The first-order valence-corrected chi connectivity index (χ1v) is 15.2. The van der Waals surface area contributed by atoms with Crippen molar-refractivity contribution in [3.63, 3.8) is 0 Å². The van der Waals surface area contributed by atoms with Crippen LogP contribution in [0.25, 0.3) is 0 Å². The highest BCUT2D eigenvalue weighted by atomic mass is 16.7. The van der Waals surface area contributed by atoms with Gasteiger partial charge in [-0.3, -0.25) is 14.4 Å². The second kappa shape index (κ2) is 11.5. The van der Waals surface area contributed by atoms with Crippen LogP contribution in [0.4, 0.5) is 10.5 Å². The number of fused-ring (bicyclic) bond motifs is 5. The zero-order valence-corrected chi connectivity index (χ0v) is 24.2. The predicted octanol–water partition coefficient (Wildman–Crippen LogP) is 6.61. The van der Waals surface area contributed by atoms with Crippen molar-refractivity contribution in [2.24, 2.45) is 34.5 Å². The van der Waals surface area contributed by atoms with E-state index in [9.17, 15) is 19.2 Å². The molecular weight excluding hydrogens is 504 g/mol. The molecule has 1 aromatic rings. The van der Waals surface area contributed by atoms with Crippen molar-refractivity contribution < 1.29 is 24.0 Å². The van der Waals surface area contributed by atoms with Crippen molar-refractivity contribution in [3.05, 3.63) is 41.0 Å². The lowest BCUT2D eigenvalue weighted by molar-refractivity contribution is -0.130. The van der Waals surface area contributed by atoms with Crippen LogP contribution >= 0.6 is 0 Å². The van der Waals surface area contributed by atoms with Crippen LogP contribution in [0.15, 0.2) is 29.8 Å². The molecule has 3 saturated carbocycles. The fraction of sp³-hybridized carbons (Fsp3) is 0.636. The number of allylic oxidation sites excluding steroid dienone is 1. The number of nitrogens with one attached hydrogen (secondary N) is 2. The Morgan fingerprint density at radius 3 is 2.67 bits per heavy atom. The summed E-state index contributed by atoms with van der Waals surface area (Å²) in [4.78, 5) is 53.6. The third-order valence-corrected chi connectivity index (χ3v) is 11.1. The first-order valence-electron chi connectivity index (χ1n) is 15.2. The van der Waals surface area contributed by atoms with E-state index in [0.29, 0.717) is 53.5 Å². The van der Waals surface area contributed by atoms with Gasteiger partial charge in [0.15, 0.2) is 5.78 Å². The van der Waals surface area contributed by atoms with E-state index in [1.54, 1.807) is 19.9 Å². The molecule has 4 aliphatic carbocycles. The zero-order chi connectivity index (χ0) is 28.5. The Kier molecular flexibility index (Phi) is 8.21. The molecular formula is C33H44N2O5. The van der Waals surface area contributed by atoms with Gasteiger partial charge in [-0.05, 0) is 130 Å². The van der Waals surface area contributed by atoms with E-state index in [-0.39, 0.29) is 16.7 Å². The fourth-order valence-corrected chi connectivity index (χ4v) is 9.35.